The van der Waals surface area contributed by atoms with Gasteiger partial charge in [0.15, 0.2) is 0 Å². The van der Waals surface area contributed by atoms with Crippen LogP contribution in [0.5, 0.6) is 0 Å². The van der Waals surface area contributed by atoms with E-state index in [0.717, 1.165) is 23.1 Å². The van der Waals surface area contributed by atoms with Crippen molar-refractivity contribution in [3.05, 3.63) is 34.3 Å². The van der Waals surface area contributed by atoms with Crippen molar-refractivity contribution in [1.82, 2.24) is 5.32 Å². The molecule has 0 bridgehead atoms. The molecule has 0 aromatic heterocycles. The smallest absolute Gasteiger partial charge is 0.141 e. The highest BCUT2D eigenvalue weighted by Gasteiger charge is 2.28. The average Bonchev–Trinajstić information content (AvgIpc) is 2.68. The SMILES string of the molecule is CC1CNCC1C(=O)Cc1ccc(Br)cc1. The van der Waals surface area contributed by atoms with Crippen molar-refractivity contribution < 1.29 is 4.79 Å². The summed E-state index contributed by atoms with van der Waals surface area (Å²) in [5.41, 5.74) is 1.10. The largest absolute Gasteiger partial charge is 0.316 e. The summed E-state index contributed by atoms with van der Waals surface area (Å²) in [7, 11) is 0. The van der Waals surface area contributed by atoms with E-state index in [4.69, 9.17) is 0 Å². The second-order valence-electron chi connectivity index (χ2n) is 4.51. The van der Waals surface area contributed by atoms with Crippen molar-refractivity contribution >= 4 is 21.7 Å². The maximum absolute atomic E-state index is 12.1. The second kappa shape index (κ2) is 5.11. The predicted octanol–water partition coefficient (Wildman–Crippen LogP) is 2.42. The van der Waals surface area contributed by atoms with E-state index in [1.165, 1.54) is 0 Å². The monoisotopic (exact) mass is 281 g/mol. The van der Waals surface area contributed by atoms with Gasteiger partial charge in [0.1, 0.15) is 5.78 Å². The van der Waals surface area contributed by atoms with Gasteiger partial charge in [-0.1, -0.05) is 35.0 Å². The van der Waals surface area contributed by atoms with Gasteiger partial charge in [-0.3, -0.25) is 4.79 Å². The normalized spacial score (nSPS) is 24.6. The van der Waals surface area contributed by atoms with Crippen LogP contribution in [0.4, 0.5) is 0 Å². The molecule has 2 unspecified atom stereocenters. The molecule has 1 aliphatic heterocycles. The topological polar surface area (TPSA) is 29.1 Å². The zero-order chi connectivity index (χ0) is 11.5. The fraction of sp³-hybridized carbons (Fsp3) is 0.462. The maximum Gasteiger partial charge on any atom is 0.141 e. The highest BCUT2D eigenvalue weighted by Crippen LogP contribution is 2.19. The Morgan fingerprint density at radius 2 is 2.06 bits per heavy atom. The summed E-state index contributed by atoms with van der Waals surface area (Å²) in [5, 5.41) is 3.27. The molecule has 2 atom stereocenters. The van der Waals surface area contributed by atoms with Gasteiger partial charge in [0.05, 0.1) is 0 Å². The maximum atomic E-state index is 12.1. The molecule has 3 heteroatoms. The Labute approximate surface area is 105 Å². The van der Waals surface area contributed by atoms with Crippen molar-refractivity contribution in [2.75, 3.05) is 13.1 Å². The third-order valence-corrected chi connectivity index (χ3v) is 3.75. The summed E-state index contributed by atoms with van der Waals surface area (Å²) >= 11 is 3.39. The zero-order valence-electron chi connectivity index (χ0n) is 9.37. The molecule has 0 spiro atoms. The number of hydrogen-bond acceptors (Lipinski definition) is 2. The summed E-state index contributed by atoms with van der Waals surface area (Å²) in [6.45, 7) is 3.96. The molecule has 2 rings (SSSR count). The number of halogens is 1. The van der Waals surface area contributed by atoms with Crippen molar-refractivity contribution in [2.45, 2.75) is 13.3 Å². The molecule has 16 heavy (non-hydrogen) atoms. The first-order chi connectivity index (χ1) is 7.66. The van der Waals surface area contributed by atoms with Crippen molar-refractivity contribution in [3.8, 4) is 0 Å². The van der Waals surface area contributed by atoms with Crippen LogP contribution in [0.1, 0.15) is 12.5 Å². The number of ketones is 1. The summed E-state index contributed by atoms with van der Waals surface area (Å²) in [5.74, 6) is 1.03. The van der Waals surface area contributed by atoms with E-state index in [9.17, 15) is 4.79 Å². The number of benzene rings is 1. The molecule has 0 radical (unpaired) electrons. The first-order valence-electron chi connectivity index (χ1n) is 5.64. The van der Waals surface area contributed by atoms with E-state index in [1.54, 1.807) is 0 Å². The highest BCUT2D eigenvalue weighted by atomic mass is 79.9. The minimum Gasteiger partial charge on any atom is -0.316 e. The number of nitrogens with one attached hydrogen (secondary N) is 1. The lowest BCUT2D eigenvalue weighted by Crippen LogP contribution is -2.23. The van der Waals surface area contributed by atoms with Crippen LogP contribution in [0.2, 0.25) is 0 Å². The average molecular weight is 282 g/mol. The lowest BCUT2D eigenvalue weighted by molar-refractivity contribution is -0.122. The summed E-state index contributed by atoms with van der Waals surface area (Å²) in [6, 6.07) is 7.99. The highest BCUT2D eigenvalue weighted by molar-refractivity contribution is 9.10. The van der Waals surface area contributed by atoms with Gasteiger partial charge in [-0.15, -0.1) is 0 Å². The molecule has 0 saturated carbocycles. The van der Waals surface area contributed by atoms with Gasteiger partial charge in [-0.05, 0) is 30.2 Å². The number of Topliss-reactive ketones (excluding diaryl/α,β-unsaturated/α-hetero) is 1. The van der Waals surface area contributed by atoms with Crippen molar-refractivity contribution in [2.24, 2.45) is 11.8 Å². The number of rotatable bonds is 3. The van der Waals surface area contributed by atoms with E-state index >= 15 is 0 Å². The molecule has 0 amide bonds. The fourth-order valence-corrected chi connectivity index (χ4v) is 2.44. The minimum absolute atomic E-state index is 0.198. The van der Waals surface area contributed by atoms with E-state index in [2.05, 4.69) is 28.2 Å². The molecular formula is C13H16BrNO. The van der Waals surface area contributed by atoms with Crippen LogP contribution in [0.25, 0.3) is 0 Å². The molecular weight excluding hydrogens is 266 g/mol. The Morgan fingerprint density at radius 3 is 2.62 bits per heavy atom. The standard InChI is InChI=1S/C13H16BrNO/c1-9-7-15-8-12(9)13(16)6-10-2-4-11(14)5-3-10/h2-5,9,12,15H,6-8H2,1H3. The van der Waals surface area contributed by atoms with E-state index < -0.39 is 0 Å². The number of carbonyl (C=O) groups is 1. The van der Waals surface area contributed by atoms with Gasteiger partial charge < -0.3 is 5.32 Å². The molecule has 1 saturated heterocycles. The van der Waals surface area contributed by atoms with Crippen LogP contribution in [0.3, 0.4) is 0 Å². The molecule has 1 fully saturated rings. The first kappa shape index (κ1) is 11.8. The molecule has 1 aromatic rings. The lowest BCUT2D eigenvalue weighted by atomic mass is 9.90. The third-order valence-electron chi connectivity index (χ3n) is 3.22. The van der Waals surface area contributed by atoms with Crippen LogP contribution in [0, 0.1) is 11.8 Å². The Balaban J connectivity index is 1.99. The van der Waals surface area contributed by atoms with Crippen molar-refractivity contribution in [3.63, 3.8) is 0 Å². The van der Waals surface area contributed by atoms with Gasteiger partial charge in [0.2, 0.25) is 0 Å². The van der Waals surface area contributed by atoms with Gasteiger partial charge >= 0.3 is 0 Å². The minimum atomic E-state index is 0.198. The Morgan fingerprint density at radius 1 is 1.38 bits per heavy atom. The Hall–Kier alpha value is -0.670. The van der Waals surface area contributed by atoms with Crippen LogP contribution >= 0.6 is 15.9 Å². The van der Waals surface area contributed by atoms with Crippen LogP contribution < -0.4 is 5.32 Å². The lowest BCUT2D eigenvalue weighted by Gasteiger charge is -2.12. The molecule has 1 aromatic carbocycles. The predicted molar refractivity (Wildman–Crippen MR) is 68.4 cm³/mol. The van der Waals surface area contributed by atoms with E-state index in [-0.39, 0.29) is 5.92 Å². The van der Waals surface area contributed by atoms with Crippen LogP contribution in [-0.2, 0) is 11.2 Å². The molecule has 1 aliphatic rings. The van der Waals surface area contributed by atoms with Gasteiger partial charge in [-0.2, -0.15) is 0 Å². The van der Waals surface area contributed by atoms with Crippen LogP contribution in [0.15, 0.2) is 28.7 Å². The molecule has 86 valence electrons. The van der Waals surface area contributed by atoms with Crippen LogP contribution in [-0.4, -0.2) is 18.9 Å². The van der Waals surface area contributed by atoms with Gasteiger partial charge in [0, 0.05) is 23.4 Å². The first-order valence-corrected chi connectivity index (χ1v) is 6.44. The summed E-state index contributed by atoms with van der Waals surface area (Å²) in [4.78, 5) is 12.1. The molecule has 1 heterocycles. The van der Waals surface area contributed by atoms with E-state index in [1.807, 2.05) is 24.3 Å². The zero-order valence-corrected chi connectivity index (χ0v) is 11.0. The Kier molecular flexibility index (Phi) is 3.77. The summed E-state index contributed by atoms with van der Waals surface area (Å²) in [6.07, 6.45) is 0.559. The van der Waals surface area contributed by atoms with Crippen molar-refractivity contribution in [1.29, 1.82) is 0 Å². The van der Waals surface area contributed by atoms with E-state index in [0.29, 0.717) is 18.1 Å². The Bertz CT molecular complexity index is 374. The number of hydrogen-bond donors (Lipinski definition) is 1. The third kappa shape index (κ3) is 2.71. The van der Waals surface area contributed by atoms with Gasteiger partial charge in [0.25, 0.3) is 0 Å². The molecule has 0 aliphatic carbocycles. The van der Waals surface area contributed by atoms with Gasteiger partial charge in [-0.25, -0.2) is 0 Å². The summed E-state index contributed by atoms with van der Waals surface area (Å²) < 4.78 is 1.06. The second-order valence-corrected chi connectivity index (χ2v) is 5.43. The quantitative estimate of drug-likeness (QED) is 0.922. The fourth-order valence-electron chi connectivity index (χ4n) is 2.18. The molecule has 1 N–H and O–H groups in total. The molecule has 2 nitrogen and oxygen atoms in total. The number of carbonyl (C=O) groups excluding carboxylic acids is 1.